The number of carbonyl (C=O) groups is 2. The summed E-state index contributed by atoms with van der Waals surface area (Å²) < 4.78 is 11.2. The van der Waals surface area contributed by atoms with Crippen molar-refractivity contribution in [1.82, 2.24) is 4.90 Å². The summed E-state index contributed by atoms with van der Waals surface area (Å²) in [6.07, 6.45) is -5.22. The first kappa shape index (κ1) is 26.4. The van der Waals surface area contributed by atoms with Crippen LogP contribution in [-0.2, 0) is 16.1 Å². The lowest BCUT2D eigenvalue weighted by Gasteiger charge is -2.43. The summed E-state index contributed by atoms with van der Waals surface area (Å²) in [5.74, 6) is -0.523. The van der Waals surface area contributed by atoms with Crippen molar-refractivity contribution in [2.75, 3.05) is 13.2 Å². The maximum atomic E-state index is 12.4. The van der Waals surface area contributed by atoms with Gasteiger partial charge in [-0.05, 0) is 30.5 Å². The van der Waals surface area contributed by atoms with Crippen LogP contribution in [0.2, 0.25) is 0 Å². The van der Waals surface area contributed by atoms with E-state index in [1.54, 1.807) is 24.3 Å². The van der Waals surface area contributed by atoms with Crippen LogP contribution in [0, 0.1) is 0 Å². The van der Waals surface area contributed by atoms with Gasteiger partial charge < -0.3 is 29.9 Å². The Balaban J connectivity index is 1.16. The van der Waals surface area contributed by atoms with Gasteiger partial charge in [0, 0.05) is 13.2 Å². The second-order valence-electron chi connectivity index (χ2n) is 9.28. The van der Waals surface area contributed by atoms with Gasteiger partial charge in [-0.3, -0.25) is 14.5 Å². The van der Waals surface area contributed by atoms with E-state index in [1.807, 2.05) is 30.3 Å². The molecule has 0 bridgehead atoms. The number of aliphatic hydroxyl groups is 4. The lowest BCUT2D eigenvalue weighted by Crippen LogP contribution is -2.65. The van der Waals surface area contributed by atoms with Crippen molar-refractivity contribution >= 4 is 11.8 Å². The Kier molecular flexibility index (Phi) is 8.84. The molecule has 0 aromatic heterocycles. The Bertz CT molecular complexity index is 980. The van der Waals surface area contributed by atoms with Crippen molar-refractivity contribution in [3.05, 3.63) is 71.3 Å². The molecule has 1 saturated carbocycles. The van der Waals surface area contributed by atoms with Crippen molar-refractivity contribution in [3.8, 4) is 0 Å². The third kappa shape index (κ3) is 5.67. The number of fused-ring (bicyclic) bond motifs is 1. The largest absolute Gasteiger partial charge is 0.387 e. The molecular weight excluding hydrogens is 466 g/mol. The molecule has 0 spiro atoms. The minimum Gasteiger partial charge on any atom is -0.387 e. The van der Waals surface area contributed by atoms with E-state index in [-0.39, 0.29) is 25.0 Å². The summed E-state index contributed by atoms with van der Waals surface area (Å²) in [5, 5.41) is 41.9. The minimum atomic E-state index is -1.42. The van der Waals surface area contributed by atoms with E-state index in [0.29, 0.717) is 30.5 Å². The average Bonchev–Trinajstić information content (AvgIpc) is 3.14. The maximum absolute atomic E-state index is 12.4. The molecule has 0 saturated heterocycles. The first-order valence-corrected chi connectivity index (χ1v) is 12.3. The Morgan fingerprint density at radius 1 is 0.639 bits per heavy atom. The Morgan fingerprint density at radius 2 is 1.14 bits per heavy atom. The summed E-state index contributed by atoms with van der Waals surface area (Å²) in [7, 11) is 0. The predicted octanol–water partition coefficient (Wildman–Crippen LogP) is 1.27. The standard InChI is InChI=1S/C27H33NO8/c29-20-22(31)25(36-16-17-10-4-3-5-11-17)23(32)21(30)24(20)35-15-9-2-1-8-14-28-26(33)18-12-6-7-13-19(18)27(28)34/h3-7,10-13,20-25,29-32H,1-2,8-9,14-16H2. The van der Waals surface area contributed by atoms with Crippen molar-refractivity contribution < 1.29 is 39.5 Å². The summed E-state index contributed by atoms with van der Waals surface area (Å²) in [5.41, 5.74) is 1.72. The fourth-order valence-corrected chi connectivity index (χ4v) is 4.73. The van der Waals surface area contributed by atoms with E-state index in [9.17, 15) is 30.0 Å². The molecule has 1 aliphatic carbocycles. The number of nitrogens with zero attached hydrogens (tertiary/aromatic N) is 1. The van der Waals surface area contributed by atoms with Gasteiger partial charge in [0.2, 0.25) is 0 Å². The molecule has 0 radical (unpaired) electrons. The molecule has 1 aliphatic heterocycles. The highest BCUT2D eigenvalue weighted by molar-refractivity contribution is 6.21. The number of hydrogen-bond donors (Lipinski definition) is 4. The van der Waals surface area contributed by atoms with Gasteiger partial charge in [-0.1, -0.05) is 55.3 Å². The topological polar surface area (TPSA) is 137 Å². The fourth-order valence-electron chi connectivity index (χ4n) is 4.73. The third-order valence-electron chi connectivity index (χ3n) is 6.80. The van der Waals surface area contributed by atoms with Crippen molar-refractivity contribution in [2.45, 2.75) is 68.9 Å². The zero-order valence-electron chi connectivity index (χ0n) is 20.0. The number of hydrogen-bond acceptors (Lipinski definition) is 8. The normalized spacial score (nSPS) is 27.9. The molecule has 4 rings (SSSR count). The van der Waals surface area contributed by atoms with E-state index in [0.717, 1.165) is 18.4 Å². The van der Waals surface area contributed by atoms with Crippen LogP contribution in [0.25, 0.3) is 0 Å². The summed E-state index contributed by atoms with van der Waals surface area (Å²) >= 11 is 0. The van der Waals surface area contributed by atoms with E-state index in [1.165, 1.54) is 4.90 Å². The molecule has 1 heterocycles. The van der Waals surface area contributed by atoms with Gasteiger partial charge in [-0.25, -0.2) is 0 Å². The molecule has 194 valence electrons. The number of amides is 2. The highest BCUT2D eigenvalue weighted by Crippen LogP contribution is 2.27. The van der Waals surface area contributed by atoms with Crippen molar-refractivity contribution in [3.63, 3.8) is 0 Å². The number of imide groups is 1. The zero-order chi connectivity index (χ0) is 25.7. The van der Waals surface area contributed by atoms with Crippen LogP contribution in [0.3, 0.4) is 0 Å². The number of carbonyl (C=O) groups excluding carboxylic acids is 2. The lowest BCUT2D eigenvalue weighted by molar-refractivity contribution is -0.248. The predicted molar refractivity (Wildman–Crippen MR) is 129 cm³/mol. The first-order valence-electron chi connectivity index (χ1n) is 12.3. The number of benzene rings is 2. The van der Waals surface area contributed by atoms with Crippen LogP contribution in [0.1, 0.15) is 52.0 Å². The van der Waals surface area contributed by atoms with Gasteiger partial charge in [-0.2, -0.15) is 0 Å². The molecule has 1 fully saturated rings. The number of ether oxygens (including phenoxy) is 2. The van der Waals surface area contributed by atoms with E-state index in [4.69, 9.17) is 9.47 Å². The van der Waals surface area contributed by atoms with Crippen molar-refractivity contribution in [2.24, 2.45) is 0 Å². The smallest absolute Gasteiger partial charge is 0.261 e. The van der Waals surface area contributed by atoms with Crippen LogP contribution in [0.4, 0.5) is 0 Å². The second kappa shape index (κ2) is 12.1. The molecule has 2 aliphatic rings. The monoisotopic (exact) mass is 499 g/mol. The highest BCUT2D eigenvalue weighted by atomic mass is 16.5. The molecule has 36 heavy (non-hydrogen) atoms. The molecular formula is C27H33NO8. The molecule has 2 aromatic rings. The van der Waals surface area contributed by atoms with Gasteiger partial charge >= 0.3 is 0 Å². The van der Waals surface area contributed by atoms with Gasteiger partial charge in [0.05, 0.1) is 17.7 Å². The Morgan fingerprint density at radius 3 is 1.72 bits per heavy atom. The second-order valence-corrected chi connectivity index (χ2v) is 9.28. The van der Waals surface area contributed by atoms with Crippen LogP contribution < -0.4 is 0 Å². The summed E-state index contributed by atoms with van der Waals surface area (Å²) in [4.78, 5) is 26.0. The van der Waals surface area contributed by atoms with Gasteiger partial charge in [-0.15, -0.1) is 0 Å². The highest BCUT2D eigenvalue weighted by Gasteiger charge is 2.50. The number of aliphatic hydroxyl groups excluding tert-OH is 4. The molecule has 4 atom stereocenters. The number of rotatable bonds is 11. The van der Waals surface area contributed by atoms with Crippen LogP contribution >= 0.6 is 0 Å². The lowest BCUT2D eigenvalue weighted by atomic mass is 9.84. The van der Waals surface area contributed by atoms with Gasteiger partial charge in [0.25, 0.3) is 11.8 Å². The van der Waals surface area contributed by atoms with Crippen LogP contribution in [-0.4, -0.2) is 86.9 Å². The average molecular weight is 500 g/mol. The molecule has 2 amide bonds. The quantitative estimate of drug-likeness (QED) is 0.268. The molecule has 9 heteroatoms. The Hall–Kier alpha value is -2.66. The van der Waals surface area contributed by atoms with Gasteiger partial charge in [0.1, 0.15) is 36.6 Å². The SMILES string of the molecule is O=C1c2ccccc2C(=O)N1CCCCCCOC1C(O)C(O)C(OCc2ccccc2)C(O)C1O. The summed E-state index contributed by atoms with van der Waals surface area (Å²) in [6.45, 7) is 0.669. The Labute approximate surface area is 209 Å². The van der Waals surface area contributed by atoms with E-state index >= 15 is 0 Å². The third-order valence-corrected chi connectivity index (χ3v) is 6.80. The van der Waals surface area contributed by atoms with Crippen LogP contribution in [0.5, 0.6) is 0 Å². The summed E-state index contributed by atoms with van der Waals surface area (Å²) in [6, 6.07) is 16.0. The number of unbranched alkanes of at least 4 members (excludes halogenated alkanes) is 3. The molecule has 9 nitrogen and oxygen atoms in total. The maximum Gasteiger partial charge on any atom is 0.261 e. The molecule has 4 N–H and O–H groups in total. The van der Waals surface area contributed by atoms with E-state index in [2.05, 4.69) is 0 Å². The molecule has 2 aromatic carbocycles. The van der Waals surface area contributed by atoms with Crippen molar-refractivity contribution in [1.29, 1.82) is 0 Å². The van der Waals surface area contributed by atoms with E-state index < -0.39 is 36.6 Å². The first-order chi connectivity index (χ1) is 17.4. The zero-order valence-corrected chi connectivity index (χ0v) is 20.0. The molecule has 4 unspecified atom stereocenters. The van der Waals surface area contributed by atoms with Crippen LogP contribution in [0.15, 0.2) is 54.6 Å². The van der Waals surface area contributed by atoms with Gasteiger partial charge in [0.15, 0.2) is 0 Å². The minimum absolute atomic E-state index is 0.116. The fraction of sp³-hybridized carbons (Fsp3) is 0.481.